The van der Waals surface area contributed by atoms with Crippen molar-refractivity contribution in [1.29, 1.82) is 0 Å². The van der Waals surface area contributed by atoms with Gasteiger partial charge in [0.1, 0.15) is 0 Å². The summed E-state index contributed by atoms with van der Waals surface area (Å²) in [5, 5.41) is 0.834. The summed E-state index contributed by atoms with van der Waals surface area (Å²) in [6, 6.07) is 13.3. The van der Waals surface area contributed by atoms with E-state index in [-0.39, 0.29) is 0 Å². The van der Waals surface area contributed by atoms with Gasteiger partial charge in [-0.05, 0) is 96.7 Å². The topological polar surface area (TPSA) is 0 Å². The van der Waals surface area contributed by atoms with Crippen LogP contribution in [0.25, 0.3) is 0 Å². The largest absolute Gasteiger partial charge is 0.0885 e. The van der Waals surface area contributed by atoms with Crippen LogP contribution in [0, 0.1) is 5.92 Å². The van der Waals surface area contributed by atoms with E-state index < -0.39 is 0 Å². The maximum absolute atomic E-state index is 6.05. The molecule has 2 aromatic rings. The molecule has 0 unspecified atom stereocenters. The molecule has 0 bridgehead atoms. The van der Waals surface area contributed by atoms with E-state index in [0.717, 1.165) is 17.4 Å². The lowest BCUT2D eigenvalue weighted by atomic mass is 9.74. The zero-order valence-electron chi connectivity index (χ0n) is 15.1. The molecule has 1 heteroatoms. The standard InChI is InChI=1S/C24H27Cl/c1-2-3-4-17-5-13-23-20(15-17)6-7-21-16-19(10-14-24(21)23)18-8-11-22(25)12-9-18/h3-4,6-9,11-12,17,19H,2,5,10,13-16H2,1H3/t17-,19-/m0/s1. The van der Waals surface area contributed by atoms with E-state index in [0.29, 0.717) is 5.92 Å². The van der Waals surface area contributed by atoms with Gasteiger partial charge in [-0.3, -0.25) is 0 Å². The molecular formula is C24H27Cl. The first-order valence-corrected chi connectivity index (χ1v) is 10.2. The molecule has 0 N–H and O–H groups in total. The predicted octanol–water partition coefficient (Wildman–Crippen LogP) is 6.68. The Morgan fingerprint density at radius 3 is 2.32 bits per heavy atom. The van der Waals surface area contributed by atoms with Crippen molar-refractivity contribution in [2.24, 2.45) is 5.92 Å². The second-order valence-corrected chi connectivity index (χ2v) is 8.11. The number of allylic oxidation sites excluding steroid dienone is 2. The van der Waals surface area contributed by atoms with Crippen LogP contribution in [0.3, 0.4) is 0 Å². The van der Waals surface area contributed by atoms with Crippen molar-refractivity contribution < 1.29 is 0 Å². The summed E-state index contributed by atoms with van der Waals surface area (Å²) in [5.74, 6) is 1.39. The van der Waals surface area contributed by atoms with Crippen LogP contribution in [0.5, 0.6) is 0 Å². The number of hydrogen-bond acceptors (Lipinski definition) is 0. The molecule has 0 aliphatic heterocycles. The number of rotatable bonds is 3. The van der Waals surface area contributed by atoms with Crippen molar-refractivity contribution in [3.05, 3.63) is 81.4 Å². The second kappa shape index (κ2) is 7.38. The molecule has 0 fully saturated rings. The predicted molar refractivity (Wildman–Crippen MR) is 108 cm³/mol. The lowest BCUT2D eigenvalue weighted by Crippen LogP contribution is -2.20. The summed E-state index contributed by atoms with van der Waals surface area (Å²) in [7, 11) is 0. The highest BCUT2D eigenvalue weighted by molar-refractivity contribution is 6.30. The van der Waals surface area contributed by atoms with Crippen molar-refractivity contribution >= 4 is 11.6 Å². The summed E-state index contributed by atoms with van der Waals surface area (Å²) >= 11 is 6.05. The molecule has 0 radical (unpaired) electrons. The van der Waals surface area contributed by atoms with Crippen molar-refractivity contribution in [2.75, 3.05) is 0 Å². The van der Waals surface area contributed by atoms with Crippen LogP contribution in [0.1, 0.15) is 59.9 Å². The molecule has 2 aliphatic carbocycles. The lowest BCUT2D eigenvalue weighted by Gasteiger charge is -2.31. The molecule has 0 spiro atoms. The fraction of sp³-hybridized carbons (Fsp3) is 0.417. The van der Waals surface area contributed by atoms with Gasteiger partial charge in [-0.1, -0.05) is 54.9 Å². The first-order chi connectivity index (χ1) is 12.2. The Balaban J connectivity index is 1.55. The van der Waals surface area contributed by atoms with Gasteiger partial charge in [-0.25, -0.2) is 0 Å². The van der Waals surface area contributed by atoms with Gasteiger partial charge in [-0.15, -0.1) is 0 Å². The summed E-state index contributed by atoms with van der Waals surface area (Å²) in [6.07, 6.45) is 13.4. The van der Waals surface area contributed by atoms with Crippen molar-refractivity contribution in [3.8, 4) is 0 Å². The molecule has 0 heterocycles. The highest BCUT2D eigenvalue weighted by Crippen LogP contribution is 2.38. The molecule has 0 aromatic heterocycles. The Kier molecular flexibility index (Phi) is 4.99. The molecule has 0 saturated carbocycles. The fourth-order valence-electron chi connectivity index (χ4n) is 4.71. The quantitative estimate of drug-likeness (QED) is 0.541. The van der Waals surface area contributed by atoms with E-state index in [1.165, 1.54) is 44.1 Å². The van der Waals surface area contributed by atoms with Crippen LogP contribution >= 0.6 is 11.6 Å². The number of hydrogen-bond donors (Lipinski definition) is 0. The molecule has 0 amide bonds. The SMILES string of the molecule is CCC=C[C@H]1CCc2c(ccc3c2CC[C@H](c2ccc(Cl)cc2)C3)C1. The molecule has 2 aliphatic rings. The fourth-order valence-corrected chi connectivity index (χ4v) is 4.83. The van der Waals surface area contributed by atoms with Crippen LogP contribution in [-0.4, -0.2) is 0 Å². The minimum absolute atomic E-state index is 0.645. The van der Waals surface area contributed by atoms with Gasteiger partial charge in [0.25, 0.3) is 0 Å². The highest BCUT2D eigenvalue weighted by atomic mass is 35.5. The monoisotopic (exact) mass is 350 g/mol. The molecule has 25 heavy (non-hydrogen) atoms. The molecule has 130 valence electrons. The Morgan fingerprint density at radius 1 is 0.920 bits per heavy atom. The molecule has 2 atom stereocenters. The van der Waals surface area contributed by atoms with E-state index >= 15 is 0 Å². The summed E-state index contributed by atoms with van der Waals surface area (Å²) in [6.45, 7) is 2.22. The minimum Gasteiger partial charge on any atom is -0.0885 e. The first-order valence-electron chi connectivity index (χ1n) is 9.79. The van der Waals surface area contributed by atoms with Gasteiger partial charge in [-0.2, -0.15) is 0 Å². The van der Waals surface area contributed by atoms with Gasteiger partial charge in [0.05, 0.1) is 0 Å². The van der Waals surface area contributed by atoms with Crippen LogP contribution < -0.4 is 0 Å². The maximum atomic E-state index is 6.05. The Labute approximate surface area is 156 Å². The molecule has 2 aromatic carbocycles. The first kappa shape index (κ1) is 16.9. The van der Waals surface area contributed by atoms with E-state index in [9.17, 15) is 0 Å². The van der Waals surface area contributed by atoms with Crippen molar-refractivity contribution in [2.45, 2.75) is 57.8 Å². The Hall–Kier alpha value is -1.53. The lowest BCUT2D eigenvalue weighted by molar-refractivity contribution is 0.533. The number of fused-ring (bicyclic) bond motifs is 3. The third kappa shape index (κ3) is 3.55. The molecule has 0 nitrogen and oxygen atoms in total. The zero-order chi connectivity index (χ0) is 17.2. The van der Waals surface area contributed by atoms with E-state index in [1.54, 1.807) is 22.3 Å². The number of benzene rings is 2. The minimum atomic E-state index is 0.645. The van der Waals surface area contributed by atoms with E-state index in [1.807, 2.05) is 12.1 Å². The highest BCUT2D eigenvalue weighted by Gasteiger charge is 2.26. The molecular weight excluding hydrogens is 324 g/mol. The average Bonchev–Trinajstić information content (AvgIpc) is 2.66. The van der Waals surface area contributed by atoms with Gasteiger partial charge in [0.2, 0.25) is 0 Å². The Morgan fingerprint density at radius 2 is 1.60 bits per heavy atom. The third-order valence-electron chi connectivity index (χ3n) is 6.07. The van der Waals surface area contributed by atoms with Crippen molar-refractivity contribution in [1.82, 2.24) is 0 Å². The van der Waals surface area contributed by atoms with Gasteiger partial charge < -0.3 is 0 Å². The van der Waals surface area contributed by atoms with E-state index in [2.05, 4.69) is 43.3 Å². The second-order valence-electron chi connectivity index (χ2n) is 7.67. The van der Waals surface area contributed by atoms with Gasteiger partial charge >= 0.3 is 0 Å². The Bertz CT molecular complexity index is 769. The van der Waals surface area contributed by atoms with Gasteiger partial charge in [0, 0.05) is 5.02 Å². The van der Waals surface area contributed by atoms with Gasteiger partial charge in [0.15, 0.2) is 0 Å². The van der Waals surface area contributed by atoms with Crippen LogP contribution in [-0.2, 0) is 25.7 Å². The summed E-state index contributed by atoms with van der Waals surface area (Å²) in [5.41, 5.74) is 8.01. The molecule has 4 rings (SSSR count). The molecule has 0 saturated heterocycles. The summed E-state index contributed by atoms with van der Waals surface area (Å²) < 4.78 is 0. The van der Waals surface area contributed by atoms with Crippen LogP contribution in [0.2, 0.25) is 5.02 Å². The van der Waals surface area contributed by atoms with Crippen LogP contribution in [0.4, 0.5) is 0 Å². The van der Waals surface area contributed by atoms with Crippen molar-refractivity contribution in [3.63, 3.8) is 0 Å². The third-order valence-corrected chi connectivity index (χ3v) is 6.32. The van der Waals surface area contributed by atoms with E-state index in [4.69, 9.17) is 11.6 Å². The zero-order valence-corrected chi connectivity index (χ0v) is 15.9. The normalized spacial score (nSPS) is 22.6. The smallest absolute Gasteiger partial charge is 0.0406 e. The average molecular weight is 351 g/mol. The van der Waals surface area contributed by atoms with Crippen LogP contribution in [0.15, 0.2) is 48.6 Å². The number of halogens is 1. The maximum Gasteiger partial charge on any atom is 0.0406 e. The summed E-state index contributed by atoms with van der Waals surface area (Å²) in [4.78, 5) is 0.